The monoisotopic (exact) mass is 637 g/mol. The second kappa shape index (κ2) is 19.0. The van der Waals surface area contributed by atoms with Crippen LogP contribution in [0.25, 0.3) is 0 Å². The summed E-state index contributed by atoms with van der Waals surface area (Å²) in [5, 5.41) is 2.25. The fraction of sp³-hybridized carbons (Fsp3) is 0.452. The second-order valence-electron chi connectivity index (χ2n) is 9.04. The molecule has 0 heterocycles. The third kappa shape index (κ3) is 14.6. The van der Waals surface area contributed by atoms with Gasteiger partial charge in [0.05, 0.1) is 21.8 Å². The molecule has 0 aliphatic heterocycles. The van der Waals surface area contributed by atoms with Crippen molar-refractivity contribution >= 4 is 21.5 Å². The quantitative estimate of drug-likeness (QED) is 0.119. The minimum Gasteiger partial charge on any atom is -0.322 e. The number of halogens is 6. The van der Waals surface area contributed by atoms with Gasteiger partial charge in [0.25, 0.3) is 5.91 Å². The molecule has 5 nitrogen and oxygen atoms in total. The van der Waals surface area contributed by atoms with E-state index in [1.165, 1.54) is 32.4 Å². The fourth-order valence-corrected chi connectivity index (χ4v) is 4.09. The molecule has 0 spiro atoms. The first-order valence-corrected chi connectivity index (χ1v) is 15.1. The Kier molecular flexibility index (Phi) is 18.5. The van der Waals surface area contributed by atoms with Crippen molar-refractivity contribution in [1.82, 2.24) is 5.32 Å². The fourth-order valence-electron chi connectivity index (χ4n) is 3.04. The summed E-state index contributed by atoms with van der Waals surface area (Å²) in [4.78, 5) is 24.4. The molecule has 0 aromatic rings. The lowest BCUT2D eigenvalue weighted by Crippen LogP contribution is -2.31. The highest BCUT2D eigenvalue weighted by Crippen LogP contribution is 2.34. The van der Waals surface area contributed by atoms with E-state index < -0.39 is 57.0 Å². The predicted molar refractivity (Wildman–Crippen MR) is 159 cm³/mol. The number of hydrogen-bond donors (Lipinski definition) is 1. The summed E-state index contributed by atoms with van der Waals surface area (Å²) in [6.07, 6.45) is -2.09. The van der Waals surface area contributed by atoms with Crippen molar-refractivity contribution in [2.24, 2.45) is 0 Å². The number of sulfone groups is 1. The molecule has 0 saturated heterocycles. The van der Waals surface area contributed by atoms with Crippen molar-refractivity contribution in [3.05, 3.63) is 87.7 Å². The molecule has 43 heavy (non-hydrogen) atoms. The number of hydrogen-bond acceptors (Lipinski definition) is 4. The van der Waals surface area contributed by atoms with Crippen LogP contribution in [-0.4, -0.2) is 38.2 Å². The van der Waals surface area contributed by atoms with E-state index in [1.54, 1.807) is 25.7 Å². The first kappa shape index (κ1) is 41.8. The highest BCUT2D eigenvalue weighted by Gasteiger charge is 2.38. The Balaban J connectivity index is 0. The van der Waals surface area contributed by atoms with Gasteiger partial charge in [0.1, 0.15) is 0 Å². The number of rotatable bonds is 9. The largest absolute Gasteiger partial charge is 0.423 e. The van der Waals surface area contributed by atoms with Crippen LogP contribution >= 0.6 is 0 Å². The van der Waals surface area contributed by atoms with Crippen molar-refractivity contribution in [3.63, 3.8) is 0 Å². The number of alkyl halides is 6. The van der Waals surface area contributed by atoms with Crippen LogP contribution in [0.4, 0.5) is 26.3 Å². The molecule has 1 amide bonds. The summed E-state index contributed by atoms with van der Waals surface area (Å²) in [7, 11) is -3.84. The number of carbonyl (C=O) groups excluding carboxylic acids is 2. The van der Waals surface area contributed by atoms with Crippen LogP contribution in [0.1, 0.15) is 74.1 Å². The molecule has 0 unspecified atom stereocenters. The van der Waals surface area contributed by atoms with E-state index in [-0.39, 0.29) is 28.3 Å². The number of ketones is 1. The Morgan fingerprint density at radius 2 is 1.60 bits per heavy atom. The van der Waals surface area contributed by atoms with Gasteiger partial charge in [-0.05, 0) is 44.9 Å². The van der Waals surface area contributed by atoms with Gasteiger partial charge in [0.15, 0.2) is 15.6 Å². The van der Waals surface area contributed by atoms with Gasteiger partial charge in [0, 0.05) is 23.3 Å². The molecule has 0 bridgehead atoms. The SMILES string of the molecule is C=C(C(=O)NC1=C(CC)C(=O)CC(C(F)(F)F)=C1)/C(=C\C=C(/C)CC)S(=O)(=O)CC.C=C=C(/C=C\C)C(F)(F)F.CCC. The van der Waals surface area contributed by atoms with E-state index in [1.807, 2.05) is 6.92 Å². The van der Waals surface area contributed by atoms with Crippen molar-refractivity contribution in [1.29, 1.82) is 0 Å². The zero-order chi connectivity index (χ0) is 34.2. The van der Waals surface area contributed by atoms with Gasteiger partial charge in [-0.15, -0.1) is 5.73 Å². The maximum Gasteiger partial charge on any atom is 0.423 e. The smallest absolute Gasteiger partial charge is 0.322 e. The Labute approximate surface area is 251 Å². The lowest BCUT2D eigenvalue weighted by molar-refractivity contribution is -0.120. The van der Waals surface area contributed by atoms with E-state index in [4.69, 9.17) is 0 Å². The summed E-state index contributed by atoms with van der Waals surface area (Å²) in [6, 6.07) is 0. The van der Waals surface area contributed by atoms with E-state index in [0.29, 0.717) is 12.5 Å². The van der Waals surface area contributed by atoms with Crippen LogP contribution in [0.5, 0.6) is 0 Å². The van der Waals surface area contributed by atoms with Gasteiger partial charge in [-0.2, -0.15) is 26.3 Å². The van der Waals surface area contributed by atoms with E-state index >= 15 is 0 Å². The minimum atomic E-state index is -4.72. The summed E-state index contributed by atoms with van der Waals surface area (Å²) < 4.78 is 99.3. The molecule has 242 valence electrons. The van der Waals surface area contributed by atoms with Crippen LogP contribution < -0.4 is 5.32 Å². The molecule has 1 N–H and O–H groups in total. The van der Waals surface area contributed by atoms with Gasteiger partial charge in [-0.3, -0.25) is 9.59 Å². The van der Waals surface area contributed by atoms with Crippen LogP contribution in [-0.2, 0) is 19.4 Å². The molecular formula is C31H41F6NO4S. The zero-order valence-electron chi connectivity index (χ0n) is 25.6. The zero-order valence-corrected chi connectivity index (χ0v) is 26.5. The van der Waals surface area contributed by atoms with Crippen LogP contribution in [0.15, 0.2) is 87.7 Å². The first-order valence-electron chi connectivity index (χ1n) is 13.5. The molecule has 0 aromatic carbocycles. The Morgan fingerprint density at radius 1 is 1.07 bits per heavy atom. The highest BCUT2D eigenvalue weighted by molar-refractivity contribution is 7.95. The molecule has 1 rings (SSSR count). The molecule has 1 aliphatic carbocycles. The number of allylic oxidation sites excluding steroid dienone is 9. The maximum atomic E-state index is 13.1. The van der Waals surface area contributed by atoms with Gasteiger partial charge >= 0.3 is 12.4 Å². The Morgan fingerprint density at radius 3 is 1.95 bits per heavy atom. The van der Waals surface area contributed by atoms with E-state index in [2.05, 4.69) is 32.3 Å². The number of amides is 1. The van der Waals surface area contributed by atoms with Crippen molar-refractivity contribution in [2.75, 3.05) is 5.75 Å². The molecule has 0 atom stereocenters. The van der Waals surface area contributed by atoms with Gasteiger partial charge in [-0.25, -0.2) is 8.42 Å². The average Bonchev–Trinajstić information content (AvgIpc) is 2.90. The number of nitrogens with one attached hydrogen (secondary N) is 1. The third-order valence-electron chi connectivity index (χ3n) is 5.49. The van der Waals surface area contributed by atoms with E-state index in [0.717, 1.165) is 11.6 Å². The minimum absolute atomic E-state index is 0.0368. The summed E-state index contributed by atoms with van der Waals surface area (Å²) in [6.45, 7) is 18.8. The van der Waals surface area contributed by atoms with Crippen LogP contribution in [0.3, 0.4) is 0 Å². The Bertz CT molecular complexity index is 1320. The molecule has 1 aliphatic rings. The van der Waals surface area contributed by atoms with Gasteiger partial charge < -0.3 is 5.32 Å². The second-order valence-corrected chi connectivity index (χ2v) is 11.3. The number of Topliss-reactive ketones (excluding diaryl/α,β-unsaturated/α-hetero) is 1. The molecule has 12 heteroatoms. The van der Waals surface area contributed by atoms with Crippen molar-refractivity contribution < 1.29 is 44.3 Å². The highest BCUT2D eigenvalue weighted by atomic mass is 32.2. The average molecular weight is 638 g/mol. The molecular weight excluding hydrogens is 596 g/mol. The molecule has 0 radical (unpaired) electrons. The topological polar surface area (TPSA) is 80.3 Å². The van der Waals surface area contributed by atoms with Crippen molar-refractivity contribution in [2.45, 2.75) is 86.5 Å². The third-order valence-corrected chi connectivity index (χ3v) is 7.30. The lowest BCUT2D eigenvalue weighted by atomic mass is 9.92. The van der Waals surface area contributed by atoms with E-state index in [9.17, 15) is 44.3 Å². The Hall–Kier alpha value is -3.37. The summed E-state index contributed by atoms with van der Waals surface area (Å²) in [5.74, 6) is -2.02. The first-order chi connectivity index (χ1) is 19.7. The molecule has 0 saturated carbocycles. The molecule has 0 fully saturated rings. The van der Waals surface area contributed by atoms with Crippen LogP contribution in [0, 0.1) is 0 Å². The predicted octanol–water partition coefficient (Wildman–Crippen LogP) is 8.71. The van der Waals surface area contributed by atoms with Gasteiger partial charge in [-0.1, -0.05) is 71.9 Å². The lowest BCUT2D eigenvalue weighted by Gasteiger charge is -2.21. The standard InChI is InChI=1S/C21H26F3NO4S.C7H7F3.C3H8/c1-6-13(4)9-10-19(30(28,29)8-3)14(5)20(27)25-17-11-15(21(22,23)24)12-18(26)16(17)7-2;1-3-5-6(4-2)7(8,9)10;1-3-2/h9-11H,5-8,12H2,1-4H3,(H,25,27);3,5H,2H2,1H3;3H2,1-2H3/b13-9+,19-10+;5-3-;. The number of carbonyl (C=O) groups is 2. The van der Waals surface area contributed by atoms with Crippen molar-refractivity contribution in [3.8, 4) is 0 Å². The summed E-state index contributed by atoms with van der Waals surface area (Å²) in [5.41, 5.74) is 0.0692. The summed E-state index contributed by atoms with van der Waals surface area (Å²) >= 11 is 0. The normalized spacial score (nSPS) is 14.6. The maximum absolute atomic E-state index is 13.1. The van der Waals surface area contributed by atoms with Crippen LogP contribution in [0.2, 0.25) is 0 Å². The molecule has 0 aromatic heterocycles. The van der Waals surface area contributed by atoms with Gasteiger partial charge in [0.2, 0.25) is 0 Å².